The van der Waals surface area contributed by atoms with Crippen LogP contribution in [0.1, 0.15) is 11.4 Å². The van der Waals surface area contributed by atoms with E-state index in [4.69, 9.17) is 28.9 Å². The van der Waals surface area contributed by atoms with E-state index in [9.17, 15) is 0 Å². The van der Waals surface area contributed by atoms with E-state index in [0.29, 0.717) is 0 Å². The molecule has 0 aliphatic carbocycles. The lowest BCUT2D eigenvalue weighted by molar-refractivity contribution is 0.653. The van der Waals surface area contributed by atoms with Crippen LogP contribution in [-0.4, -0.2) is 21.6 Å². The molecule has 0 saturated carbocycles. The van der Waals surface area contributed by atoms with E-state index in [1.807, 2.05) is 42.9 Å². The van der Waals surface area contributed by atoms with Crippen LogP contribution in [0.5, 0.6) is 0 Å². The SMILES string of the molecule is Cc1nn(C)c(CC(N)CSc2ccc(Cl)cc2)c1Cl. The number of rotatable bonds is 5. The summed E-state index contributed by atoms with van der Waals surface area (Å²) in [7, 11) is 1.90. The number of nitrogens with zero attached hydrogens (tertiary/aromatic N) is 2. The highest BCUT2D eigenvalue weighted by Crippen LogP contribution is 2.24. The van der Waals surface area contributed by atoms with Gasteiger partial charge in [0.1, 0.15) is 0 Å². The number of benzene rings is 1. The van der Waals surface area contributed by atoms with Crippen LogP contribution in [0.3, 0.4) is 0 Å². The largest absolute Gasteiger partial charge is 0.327 e. The molecule has 1 atom stereocenters. The number of thioether (sulfide) groups is 1. The number of nitrogens with two attached hydrogens (primary N) is 1. The second-order valence-electron chi connectivity index (χ2n) is 4.70. The number of hydrogen-bond acceptors (Lipinski definition) is 3. The van der Waals surface area contributed by atoms with Crippen LogP contribution in [0, 0.1) is 6.92 Å². The van der Waals surface area contributed by atoms with Crippen molar-refractivity contribution in [1.29, 1.82) is 0 Å². The van der Waals surface area contributed by atoms with Gasteiger partial charge in [0.25, 0.3) is 0 Å². The summed E-state index contributed by atoms with van der Waals surface area (Å²) in [5.74, 6) is 0.822. The number of aromatic nitrogens is 2. The molecule has 2 N–H and O–H groups in total. The van der Waals surface area contributed by atoms with Crippen LogP contribution >= 0.6 is 35.0 Å². The summed E-state index contributed by atoms with van der Waals surface area (Å²) in [6, 6.07) is 7.80. The molecule has 0 radical (unpaired) electrons. The predicted molar refractivity (Wildman–Crippen MR) is 86.8 cm³/mol. The van der Waals surface area contributed by atoms with Crippen molar-refractivity contribution in [2.24, 2.45) is 12.8 Å². The molecule has 0 amide bonds. The Balaban J connectivity index is 1.92. The molecule has 0 aliphatic rings. The van der Waals surface area contributed by atoms with Crippen LogP contribution in [0.2, 0.25) is 10.0 Å². The van der Waals surface area contributed by atoms with Crippen molar-refractivity contribution in [3.63, 3.8) is 0 Å². The normalized spacial score (nSPS) is 12.7. The maximum atomic E-state index is 6.23. The Kier molecular flexibility index (Phi) is 5.38. The summed E-state index contributed by atoms with van der Waals surface area (Å²) < 4.78 is 1.81. The maximum absolute atomic E-state index is 6.23. The first-order valence-electron chi connectivity index (χ1n) is 6.29. The minimum absolute atomic E-state index is 0.0305. The fourth-order valence-electron chi connectivity index (χ4n) is 1.94. The van der Waals surface area contributed by atoms with Gasteiger partial charge in [0.05, 0.1) is 16.4 Å². The average molecular weight is 330 g/mol. The van der Waals surface area contributed by atoms with Gasteiger partial charge in [0, 0.05) is 35.2 Å². The Hall–Kier alpha value is -0.680. The van der Waals surface area contributed by atoms with Crippen molar-refractivity contribution in [1.82, 2.24) is 9.78 Å². The topological polar surface area (TPSA) is 43.8 Å². The summed E-state index contributed by atoms with van der Waals surface area (Å²) in [6.45, 7) is 1.90. The first-order chi connectivity index (χ1) is 9.47. The summed E-state index contributed by atoms with van der Waals surface area (Å²) in [5, 5.41) is 5.77. The van der Waals surface area contributed by atoms with E-state index < -0.39 is 0 Å². The predicted octanol–water partition coefficient (Wildman–Crippen LogP) is 3.70. The van der Waals surface area contributed by atoms with Crippen molar-refractivity contribution in [2.75, 3.05) is 5.75 Å². The van der Waals surface area contributed by atoms with Gasteiger partial charge in [-0.2, -0.15) is 5.10 Å². The molecule has 0 fully saturated rings. The number of hydrogen-bond donors (Lipinski definition) is 1. The van der Waals surface area contributed by atoms with E-state index in [0.717, 1.165) is 38.5 Å². The molecule has 0 aliphatic heterocycles. The molecule has 1 aromatic heterocycles. The zero-order valence-corrected chi connectivity index (χ0v) is 13.8. The Bertz CT molecular complexity index is 581. The molecular formula is C14H17Cl2N3S. The molecule has 0 bridgehead atoms. The van der Waals surface area contributed by atoms with Crippen LogP contribution in [0.4, 0.5) is 0 Å². The quantitative estimate of drug-likeness (QED) is 0.850. The summed E-state index contributed by atoms with van der Waals surface area (Å²) >= 11 is 13.8. The van der Waals surface area contributed by atoms with E-state index in [-0.39, 0.29) is 6.04 Å². The standard InChI is InChI=1S/C14H17Cl2N3S/c1-9-14(16)13(19(2)18-9)7-11(17)8-20-12-5-3-10(15)4-6-12/h3-6,11H,7-8,17H2,1-2H3. The molecule has 2 aromatic rings. The van der Waals surface area contributed by atoms with Crippen LogP contribution in [0.15, 0.2) is 29.2 Å². The van der Waals surface area contributed by atoms with E-state index in [1.54, 1.807) is 11.8 Å². The second-order valence-corrected chi connectivity index (χ2v) is 6.61. The fraction of sp³-hybridized carbons (Fsp3) is 0.357. The zero-order chi connectivity index (χ0) is 14.7. The van der Waals surface area contributed by atoms with Crippen molar-refractivity contribution < 1.29 is 0 Å². The van der Waals surface area contributed by atoms with Crippen molar-refractivity contribution >= 4 is 35.0 Å². The molecule has 2 rings (SSSR count). The minimum atomic E-state index is 0.0305. The van der Waals surface area contributed by atoms with Gasteiger partial charge in [0.15, 0.2) is 0 Å². The van der Waals surface area contributed by atoms with Gasteiger partial charge in [-0.15, -0.1) is 11.8 Å². The van der Waals surface area contributed by atoms with Crippen LogP contribution in [-0.2, 0) is 13.5 Å². The molecule has 6 heteroatoms. The highest BCUT2D eigenvalue weighted by atomic mass is 35.5. The molecule has 0 spiro atoms. The summed E-state index contributed by atoms with van der Waals surface area (Å²) in [4.78, 5) is 1.16. The number of aryl methyl sites for hydroxylation is 2. The molecule has 0 saturated heterocycles. The Morgan fingerprint density at radius 1 is 1.30 bits per heavy atom. The van der Waals surface area contributed by atoms with E-state index in [1.165, 1.54) is 0 Å². The first-order valence-corrected chi connectivity index (χ1v) is 8.03. The van der Waals surface area contributed by atoms with Gasteiger partial charge < -0.3 is 5.73 Å². The smallest absolute Gasteiger partial charge is 0.0847 e. The third kappa shape index (κ3) is 3.92. The van der Waals surface area contributed by atoms with Gasteiger partial charge >= 0.3 is 0 Å². The third-order valence-electron chi connectivity index (χ3n) is 2.99. The Morgan fingerprint density at radius 3 is 2.50 bits per heavy atom. The van der Waals surface area contributed by atoms with Gasteiger partial charge in [-0.05, 0) is 31.2 Å². The monoisotopic (exact) mass is 329 g/mol. The van der Waals surface area contributed by atoms with Crippen LogP contribution in [0.25, 0.3) is 0 Å². The lowest BCUT2D eigenvalue weighted by atomic mass is 10.2. The fourth-order valence-corrected chi connectivity index (χ4v) is 3.16. The average Bonchev–Trinajstić information content (AvgIpc) is 2.65. The molecule has 108 valence electrons. The molecule has 1 heterocycles. The molecule has 20 heavy (non-hydrogen) atoms. The molecule has 3 nitrogen and oxygen atoms in total. The lowest BCUT2D eigenvalue weighted by Gasteiger charge is -2.12. The highest BCUT2D eigenvalue weighted by molar-refractivity contribution is 7.99. The van der Waals surface area contributed by atoms with Crippen LogP contribution < -0.4 is 5.73 Å². The van der Waals surface area contributed by atoms with Crippen molar-refractivity contribution in [3.05, 3.63) is 45.7 Å². The molecule has 1 unspecified atom stereocenters. The Morgan fingerprint density at radius 2 is 1.95 bits per heavy atom. The van der Waals surface area contributed by atoms with E-state index >= 15 is 0 Å². The minimum Gasteiger partial charge on any atom is -0.327 e. The van der Waals surface area contributed by atoms with Gasteiger partial charge in [-0.25, -0.2) is 0 Å². The molecule has 1 aromatic carbocycles. The summed E-state index contributed by atoms with van der Waals surface area (Å²) in [6.07, 6.45) is 0.719. The Labute approximate surface area is 133 Å². The summed E-state index contributed by atoms with van der Waals surface area (Å²) in [5.41, 5.74) is 8.03. The molecular weight excluding hydrogens is 313 g/mol. The number of halogens is 2. The third-order valence-corrected chi connectivity index (χ3v) is 4.94. The maximum Gasteiger partial charge on any atom is 0.0847 e. The first kappa shape index (κ1) is 15.7. The second kappa shape index (κ2) is 6.85. The lowest BCUT2D eigenvalue weighted by Crippen LogP contribution is -2.26. The van der Waals surface area contributed by atoms with Crippen molar-refractivity contribution in [3.8, 4) is 0 Å². The zero-order valence-electron chi connectivity index (χ0n) is 11.4. The van der Waals surface area contributed by atoms with E-state index in [2.05, 4.69) is 5.10 Å². The van der Waals surface area contributed by atoms with Gasteiger partial charge in [-0.1, -0.05) is 23.2 Å². The van der Waals surface area contributed by atoms with Gasteiger partial charge in [-0.3, -0.25) is 4.68 Å². The van der Waals surface area contributed by atoms with Crippen molar-refractivity contribution in [2.45, 2.75) is 24.3 Å². The highest BCUT2D eigenvalue weighted by Gasteiger charge is 2.14. The van der Waals surface area contributed by atoms with Gasteiger partial charge in [0.2, 0.25) is 0 Å².